The quantitative estimate of drug-likeness (QED) is 0.591. The Morgan fingerprint density at radius 1 is 1.23 bits per heavy atom. The zero-order valence-electron chi connectivity index (χ0n) is 15.6. The molecule has 1 heterocycles. The van der Waals surface area contributed by atoms with Crippen LogP contribution >= 0.6 is 15.9 Å². The summed E-state index contributed by atoms with van der Waals surface area (Å²) in [5, 5.41) is 0.750. The lowest BCUT2D eigenvalue weighted by Crippen LogP contribution is -2.12. The third-order valence-electron chi connectivity index (χ3n) is 4.17. The van der Waals surface area contributed by atoms with Gasteiger partial charge in [-0.1, -0.05) is 13.3 Å². The van der Waals surface area contributed by atoms with Gasteiger partial charge in [-0.15, -0.1) is 0 Å². The van der Waals surface area contributed by atoms with Crippen LogP contribution in [0, 0.1) is 6.92 Å². The molecule has 0 saturated heterocycles. The third kappa shape index (κ3) is 4.20. The highest BCUT2D eigenvalue weighted by molar-refractivity contribution is 9.10. The second-order valence-corrected chi connectivity index (χ2v) is 6.70. The van der Waals surface area contributed by atoms with Crippen LogP contribution in [0.25, 0.3) is 10.9 Å². The van der Waals surface area contributed by atoms with Gasteiger partial charge >= 0.3 is 11.9 Å². The largest absolute Gasteiger partial charge is 0.481 e. The summed E-state index contributed by atoms with van der Waals surface area (Å²) < 4.78 is 18.2. The van der Waals surface area contributed by atoms with Gasteiger partial charge in [-0.25, -0.2) is 9.59 Å². The van der Waals surface area contributed by atoms with Gasteiger partial charge in [0.15, 0.2) is 6.61 Å². The minimum atomic E-state index is -0.473. The summed E-state index contributed by atoms with van der Waals surface area (Å²) in [6, 6.07) is 3.68. The van der Waals surface area contributed by atoms with Crippen molar-refractivity contribution < 1.29 is 23.8 Å². The van der Waals surface area contributed by atoms with Crippen LogP contribution in [-0.2, 0) is 20.8 Å². The Balaban J connectivity index is 2.57. The maximum Gasteiger partial charge on any atom is 0.343 e. The number of aryl methyl sites for hydroxylation is 1. The van der Waals surface area contributed by atoms with E-state index < -0.39 is 5.97 Å². The molecule has 26 heavy (non-hydrogen) atoms. The van der Waals surface area contributed by atoms with Gasteiger partial charge in [0.05, 0.1) is 29.3 Å². The molecule has 2 rings (SSSR count). The van der Waals surface area contributed by atoms with Crippen molar-refractivity contribution in [1.82, 2.24) is 4.57 Å². The van der Waals surface area contributed by atoms with Crippen LogP contribution in [-0.4, -0.2) is 36.8 Å². The standard InChI is InChI=1S/C19H24BrNO5/c1-5-7-8-21-12(3)18(19(23)25-6-2)13-9-16(14(20)10-15(13)21)26-11-17(22)24-4/h9-10H,5-8,11H2,1-4H3. The normalized spacial score (nSPS) is 10.8. The number of nitrogens with zero attached hydrogens (tertiary/aromatic N) is 1. The number of hydrogen-bond donors (Lipinski definition) is 0. The summed E-state index contributed by atoms with van der Waals surface area (Å²) in [7, 11) is 1.31. The summed E-state index contributed by atoms with van der Waals surface area (Å²) in [6.45, 7) is 6.75. The van der Waals surface area contributed by atoms with E-state index in [4.69, 9.17) is 9.47 Å². The van der Waals surface area contributed by atoms with Crippen molar-refractivity contribution in [3.05, 3.63) is 27.9 Å². The lowest BCUT2D eigenvalue weighted by Gasteiger charge is -2.10. The van der Waals surface area contributed by atoms with Crippen molar-refractivity contribution in [2.45, 2.75) is 40.2 Å². The molecule has 0 radical (unpaired) electrons. The number of carbonyl (C=O) groups is 2. The lowest BCUT2D eigenvalue weighted by atomic mass is 10.1. The number of halogens is 1. The molecule has 0 aliphatic rings. The van der Waals surface area contributed by atoms with E-state index in [9.17, 15) is 9.59 Å². The first-order valence-electron chi connectivity index (χ1n) is 8.63. The van der Waals surface area contributed by atoms with Crippen LogP contribution < -0.4 is 4.74 Å². The molecule has 0 fully saturated rings. The zero-order chi connectivity index (χ0) is 19.3. The molecular weight excluding hydrogens is 402 g/mol. The van der Waals surface area contributed by atoms with E-state index >= 15 is 0 Å². The van der Waals surface area contributed by atoms with Crippen LogP contribution in [0.4, 0.5) is 0 Å². The average Bonchev–Trinajstić information content (AvgIpc) is 2.88. The Bertz CT molecular complexity index is 812. The van der Waals surface area contributed by atoms with E-state index in [1.54, 1.807) is 13.0 Å². The van der Waals surface area contributed by atoms with Crippen molar-refractivity contribution in [1.29, 1.82) is 0 Å². The Labute approximate surface area is 161 Å². The number of carbonyl (C=O) groups excluding carboxylic acids is 2. The predicted molar refractivity (Wildman–Crippen MR) is 103 cm³/mol. The molecule has 6 nitrogen and oxygen atoms in total. The van der Waals surface area contributed by atoms with Crippen LogP contribution in [0.2, 0.25) is 0 Å². The second-order valence-electron chi connectivity index (χ2n) is 5.85. The molecule has 1 aromatic carbocycles. The van der Waals surface area contributed by atoms with Crippen molar-refractivity contribution in [3.63, 3.8) is 0 Å². The van der Waals surface area contributed by atoms with Gasteiger partial charge in [-0.05, 0) is 48.3 Å². The molecule has 7 heteroatoms. The number of unbranched alkanes of at least 4 members (excludes halogenated alkanes) is 1. The number of benzene rings is 1. The minimum absolute atomic E-state index is 0.204. The molecule has 0 unspecified atom stereocenters. The number of hydrogen-bond acceptors (Lipinski definition) is 5. The van der Waals surface area contributed by atoms with Crippen LogP contribution in [0.5, 0.6) is 5.75 Å². The van der Waals surface area contributed by atoms with Crippen LogP contribution in [0.1, 0.15) is 42.7 Å². The molecule has 0 bridgehead atoms. The predicted octanol–water partition coefficient (Wildman–Crippen LogP) is 4.24. The van der Waals surface area contributed by atoms with Crippen LogP contribution in [0.3, 0.4) is 0 Å². The number of rotatable bonds is 8. The first-order valence-corrected chi connectivity index (χ1v) is 9.42. The highest BCUT2D eigenvalue weighted by Gasteiger charge is 2.22. The summed E-state index contributed by atoms with van der Waals surface area (Å²) >= 11 is 3.49. The molecule has 0 N–H and O–H groups in total. The molecular formula is C19H24BrNO5. The fraction of sp³-hybridized carbons (Fsp3) is 0.474. The fourth-order valence-electron chi connectivity index (χ4n) is 2.85. The highest BCUT2D eigenvalue weighted by atomic mass is 79.9. The molecule has 0 amide bonds. The summed E-state index contributed by atoms with van der Waals surface area (Å²) in [4.78, 5) is 23.9. The topological polar surface area (TPSA) is 66.8 Å². The van der Waals surface area contributed by atoms with Gasteiger partial charge in [0, 0.05) is 17.6 Å². The van der Waals surface area contributed by atoms with Gasteiger partial charge in [-0.2, -0.15) is 0 Å². The van der Waals surface area contributed by atoms with E-state index in [-0.39, 0.29) is 12.6 Å². The molecule has 142 valence electrons. The Kier molecular flexibility index (Phi) is 7.08. The van der Waals surface area contributed by atoms with Gasteiger partial charge in [-0.3, -0.25) is 0 Å². The highest BCUT2D eigenvalue weighted by Crippen LogP contribution is 2.35. The number of aromatic nitrogens is 1. The van der Waals surface area contributed by atoms with Crippen molar-refractivity contribution in [2.24, 2.45) is 0 Å². The van der Waals surface area contributed by atoms with Gasteiger partial charge in [0.2, 0.25) is 0 Å². The molecule has 0 atom stereocenters. The van der Waals surface area contributed by atoms with E-state index in [1.807, 2.05) is 13.0 Å². The van der Waals surface area contributed by atoms with Gasteiger partial charge in [0.25, 0.3) is 0 Å². The van der Waals surface area contributed by atoms with Crippen molar-refractivity contribution >= 4 is 38.8 Å². The molecule has 0 aliphatic heterocycles. The monoisotopic (exact) mass is 425 g/mol. The Morgan fingerprint density at radius 3 is 2.58 bits per heavy atom. The number of fused-ring (bicyclic) bond motifs is 1. The Morgan fingerprint density at radius 2 is 1.96 bits per heavy atom. The fourth-order valence-corrected chi connectivity index (χ4v) is 3.29. The maximum atomic E-state index is 12.5. The summed E-state index contributed by atoms with van der Waals surface area (Å²) in [5.41, 5.74) is 2.33. The van der Waals surface area contributed by atoms with Gasteiger partial charge < -0.3 is 18.8 Å². The van der Waals surface area contributed by atoms with E-state index in [2.05, 4.69) is 32.2 Å². The average molecular weight is 426 g/mol. The molecule has 0 spiro atoms. The van der Waals surface area contributed by atoms with E-state index in [0.29, 0.717) is 22.4 Å². The van der Waals surface area contributed by atoms with Crippen molar-refractivity contribution in [3.8, 4) is 5.75 Å². The summed E-state index contributed by atoms with van der Waals surface area (Å²) in [6.07, 6.45) is 2.06. The smallest absolute Gasteiger partial charge is 0.343 e. The Hall–Kier alpha value is -2.02. The van der Waals surface area contributed by atoms with E-state index in [0.717, 1.165) is 36.0 Å². The summed E-state index contributed by atoms with van der Waals surface area (Å²) in [5.74, 6) is -0.355. The molecule has 2 aromatic rings. The number of methoxy groups -OCH3 is 1. The van der Waals surface area contributed by atoms with Crippen LogP contribution in [0.15, 0.2) is 16.6 Å². The number of ether oxygens (including phenoxy) is 3. The molecule has 1 aromatic heterocycles. The zero-order valence-corrected chi connectivity index (χ0v) is 17.1. The third-order valence-corrected chi connectivity index (χ3v) is 4.78. The minimum Gasteiger partial charge on any atom is -0.481 e. The van der Waals surface area contributed by atoms with Gasteiger partial charge in [0.1, 0.15) is 5.75 Å². The first kappa shape index (κ1) is 20.3. The molecule has 0 aliphatic carbocycles. The van der Waals surface area contributed by atoms with Crippen molar-refractivity contribution in [2.75, 3.05) is 20.3 Å². The molecule has 0 saturated carbocycles. The van der Waals surface area contributed by atoms with E-state index in [1.165, 1.54) is 7.11 Å². The number of esters is 2. The SMILES string of the molecule is CCCCn1c(C)c(C(=O)OCC)c2cc(OCC(=O)OC)c(Br)cc21. The second kappa shape index (κ2) is 9.07. The first-order chi connectivity index (χ1) is 12.4. The lowest BCUT2D eigenvalue weighted by molar-refractivity contribution is -0.142. The maximum absolute atomic E-state index is 12.5.